The second-order valence-corrected chi connectivity index (χ2v) is 4.92. The minimum Gasteiger partial charge on any atom is -0.359 e. The quantitative estimate of drug-likeness (QED) is 0.870. The molecule has 1 aromatic carbocycles. The molecule has 0 bridgehead atoms. The Balaban J connectivity index is 1.91. The molecule has 102 valence electrons. The van der Waals surface area contributed by atoms with Crippen LogP contribution in [-0.2, 0) is 4.79 Å². The van der Waals surface area contributed by atoms with E-state index in [1.165, 1.54) is 0 Å². The molecule has 0 spiro atoms. The third-order valence-electron chi connectivity index (χ3n) is 3.19. The molecule has 0 unspecified atom stereocenters. The number of nitrogens with one attached hydrogen (secondary N) is 2. The van der Waals surface area contributed by atoms with Crippen molar-refractivity contribution in [2.75, 3.05) is 25.5 Å². The molecule has 1 aromatic rings. The number of likely N-dealkylation sites (tertiary alicyclic amines) is 1. The Bertz CT molecular complexity index is 475. The highest BCUT2D eigenvalue weighted by Crippen LogP contribution is 2.18. The standard InChI is InChI=1S/C13H16ClN3O2/c1-15-12(18)9-6-7-17(8-9)13(19)16-11-4-2-10(14)3-5-11/h2-5,9H,6-8H2,1H3,(H,15,18)(H,16,19)/t9-/m1/s1. The van der Waals surface area contributed by atoms with Crippen molar-refractivity contribution in [1.82, 2.24) is 10.2 Å². The lowest BCUT2D eigenvalue weighted by molar-refractivity contribution is -0.124. The largest absolute Gasteiger partial charge is 0.359 e. The van der Waals surface area contributed by atoms with E-state index >= 15 is 0 Å². The molecule has 1 saturated heterocycles. The smallest absolute Gasteiger partial charge is 0.321 e. The van der Waals surface area contributed by atoms with Crippen LogP contribution in [-0.4, -0.2) is 37.0 Å². The number of rotatable bonds is 2. The van der Waals surface area contributed by atoms with Crippen LogP contribution in [0.25, 0.3) is 0 Å². The molecule has 2 rings (SSSR count). The number of hydrogen-bond acceptors (Lipinski definition) is 2. The first-order valence-corrected chi connectivity index (χ1v) is 6.51. The lowest BCUT2D eigenvalue weighted by atomic mass is 10.1. The monoisotopic (exact) mass is 281 g/mol. The van der Waals surface area contributed by atoms with Gasteiger partial charge in [-0.25, -0.2) is 4.79 Å². The van der Waals surface area contributed by atoms with Gasteiger partial charge in [0.25, 0.3) is 0 Å². The van der Waals surface area contributed by atoms with Crippen molar-refractivity contribution in [1.29, 1.82) is 0 Å². The van der Waals surface area contributed by atoms with Gasteiger partial charge in [0, 0.05) is 30.8 Å². The van der Waals surface area contributed by atoms with Crippen molar-refractivity contribution in [2.45, 2.75) is 6.42 Å². The maximum absolute atomic E-state index is 12.0. The average Bonchev–Trinajstić information content (AvgIpc) is 2.90. The van der Waals surface area contributed by atoms with E-state index in [0.717, 1.165) is 0 Å². The van der Waals surface area contributed by atoms with Gasteiger partial charge in [-0.2, -0.15) is 0 Å². The first kappa shape index (κ1) is 13.7. The van der Waals surface area contributed by atoms with Crippen LogP contribution >= 0.6 is 11.6 Å². The molecule has 0 radical (unpaired) electrons. The fourth-order valence-corrected chi connectivity index (χ4v) is 2.22. The number of urea groups is 1. The number of benzene rings is 1. The normalized spacial score (nSPS) is 18.2. The van der Waals surface area contributed by atoms with Gasteiger partial charge in [-0.05, 0) is 30.7 Å². The van der Waals surface area contributed by atoms with Crippen LogP contribution in [0, 0.1) is 5.92 Å². The molecule has 1 fully saturated rings. The molecule has 1 atom stereocenters. The van der Waals surface area contributed by atoms with E-state index in [1.807, 2.05) is 0 Å². The molecule has 1 heterocycles. The van der Waals surface area contributed by atoms with Crippen LogP contribution < -0.4 is 10.6 Å². The third kappa shape index (κ3) is 3.38. The molecule has 2 N–H and O–H groups in total. The molecule has 5 nitrogen and oxygen atoms in total. The highest BCUT2D eigenvalue weighted by atomic mass is 35.5. The van der Waals surface area contributed by atoms with Crippen molar-refractivity contribution in [3.8, 4) is 0 Å². The fourth-order valence-electron chi connectivity index (χ4n) is 2.10. The van der Waals surface area contributed by atoms with Crippen LogP contribution in [0.3, 0.4) is 0 Å². The van der Waals surface area contributed by atoms with Gasteiger partial charge in [0.15, 0.2) is 0 Å². The molecule has 0 saturated carbocycles. The maximum Gasteiger partial charge on any atom is 0.321 e. The number of amides is 3. The first-order chi connectivity index (χ1) is 9.10. The lowest BCUT2D eigenvalue weighted by Gasteiger charge is -2.17. The Labute approximate surface area is 116 Å². The van der Waals surface area contributed by atoms with Gasteiger partial charge in [0.05, 0.1) is 5.92 Å². The summed E-state index contributed by atoms with van der Waals surface area (Å²) in [5.74, 6) is -0.122. The predicted octanol–water partition coefficient (Wildman–Crippen LogP) is 1.94. The van der Waals surface area contributed by atoms with Crippen molar-refractivity contribution < 1.29 is 9.59 Å². The van der Waals surface area contributed by atoms with Gasteiger partial charge in [0.2, 0.25) is 5.91 Å². The van der Waals surface area contributed by atoms with E-state index in [0.29, 0.717) is 30.2 Å². The molecule has 19 heavy (non-hydrogen) atoms. The van der Waals surface area contributed by atoms with E-state index in [-0.39, 0.29) is 17.9 Å². The summed E-state index contributed by atoms with van der Waals surface area (Å²) in [4.78, 5) is 25.1. The number of carbonyl (C=O) groups is 2. The van der Waals surface area contributed by atoms with Gasteiger partial charge < -0.3 is 15.5 Å². The average molecular weight is 282 g/mol. The van der Waals surface area contributed by atoms with Crippen LogP contribution in [0.15, 0.2) is 24.3 Å². The first-order valence-electron chi connectivity index (χ1n) is 6.13. The number of halogens is 1. The van der Waals surface area contributed by atoms with Crippen molar-refractivity contribution in [2.24, 2.45) is 5.92 Å². The Morgan fingerprint density at radius 1 is 1.32 bits per heavy atom. The van der Waals surface area contributed by atoms with Crippen LogP contribution in [0.4, 0.5) is 10.5 Å². The summed E-state index contributed by atoms with van der Waals surface area (Å²) in [6.07, 6.45) is 0.702. The van der Waals surface area contributed by atoms with E-state index in [1.54, 1.807) is 36.2 Å². The van der Waals surface area contributed by atoms with E-state index in [4.69, 9.17) is 11.6 Å². The van der Waals surface area contributed by atoms with Crippen LogP contribution in [0.5, 0.6) is 0 Å². The Kier molecular flexibility index (Phi) is 4.27. The van der Waals surface area contributed by atoms with Gasteiger partial charge >= 0.3 is 6.03 Å². The zero-order valence-corrected chi connectivity index (χ0v) is 11.4. The zero-order chi connectivity index (χ0) is 13.8. The zero-order valence-electron chi connectivity index (χ0n) is 10.6. The predicted molar refractivity (Wildman–Crippen MR) is 74.2 cm³/mol. The fraction of sp³-hybridized carbons (Fsp3) is 0.385. The molecule has 3 amide bonds. The number of hydrogen-bond donors (Lipinski definition) is 2. The van der Waals surface area contributed by atoms with E-state index in [9.17, 15) is 9.59 Å². The summed E-state index contributed by atoms with van der Waals surface area (Å²) < 4.78 is 0. The molecule has 1 aliphatic heterocycles. The summed E-state index contributed by atoms with van der Waals surface area (Å²) >= 11 is 5.78. The Morgan fingerprint density at radius 2 is 2.00 bits per heavy atom. The minimum absolute atomic E-state index is 0.0122. The van der Waals surface area contributed by atoms with Crippen molar-refractivity contribution in [3.63, 3.8) is 0 Å². The molecule has 1 aliphatic rings. The molecule has 0 aromatic heterocycles. The van der Waals surface area contributed by atoms with Crippen LogP contribution in [0.2, 0.25) is 5.02 Å². The summed E-state index contributed by atoms with van der Waals surface area (Å²) in [5.41, 5.74) is 0.692. The molecular formula is C13H16ClN3O2. The van der Waals surface area contributed by atoms with Gasteiger partial charge in [-0.3, -0.25) is 4.79 Å². The summed E-state index contributed by atoms with van der Waals surface area (Å²) in [6, 6.07) is 6.73. The Morgan fingerprint density at radius 3 is 2.63 bits per heavy atom. The second kappa shape index (κ2) is 5.93. The van der Waals surface area contributed by atoms with E-state index < -0.39 is 0 Å². The summed E-state index contributed by atoms with van der Waals surface area (Å²) in [5, 5.41) is 6.02. The number of carbonyl (C=O) groups excluding carboxylic acids is 2. The highest BCUT2D eigenvalue weighted by molar-refractivity contribution is 6.30. The minimum atomic E-state index is -0.186. The third-order valence-corrected chi connectivity index (χ3v) is 3.44. The van der Waals surface area contributed by atoms with Crippen LogP contribution in [0.1, 0.15) is 6.42 Å². The molecule has 0 aliphatic carbocycles. The van der Waals surface area contributed by atoms with Crippen molar-refractivity contribution >= 4 is 29.2 Å². The maximum atomic E-state index is 12.0. The summed E-state index contributed by atoms with van der Waals surface area (Å²) in [6.45, 7) is 1.05. The highest BCUT2D eigenvalue weighted by Gasteiger charge is 2.30. The Hall–Kier alpha value is -1.75. The second-order valence-electron chi connectivity index (χ2n) is 4.48. The summed E-state index contributed by atoms with van der Waals surface area (Å²) in [7, 11) is 1.61. The topological polar surface area (TPSA) is 61.4 Å². The molecular weight excluding hydrogens is 266 g/mol. The van der Waals surface area contributed by atoms with Crippen molar-refractivity contribution in [3.05, 3.63) is 29.3 Å². The van der Waals surface area contributed by atoms with E-state index in [2.05, 4.69) is 10.6 Å². The number of nitrogens with zero attached hydrogens (tertiary/aromatic N) is 1. The van der Waals surface area contributed by atoms with Gasteiger partial charge in [-0.1, -0.05) is 11.6 Å². The number of anilines is 1. The lowest BCUT2D eigenvalue weighted by Crippen LogP contribution is -2.35. The SMILES string of the molecule is CNC(=O)[C@@H]1CCN(C(=O)Nc2ccc(Cl)cc2)C1. The van der Waals surface area contributed by atoms with Gasteiger partial charge in [-0.15, -0.1) is 0 Å². The molecule has 6 heteroatoms. The van der Waals surface area contributed by atoms with Gasteiger partial charge in [0.1, 0.15) is 0 Å².